The van der Waals surface area contributed by atoms with Crippen molar-refractivity contribution < 1.29 is 14.7 Å². The summed E-state index contributed by atoms with van der Waals surface area (Å²) in [5.74, 6) is 0. The molecular formula is C8H17N3O3. The summed E-state index contributed by atoms with van der Waals surface area (Å²) in [6.45, 7) is 3.26. The van der Waals surface area contributed by atoms with Crippen molar-refractivity contribution in [3.63, 3.8) is 0 Å². The maximum atomic E-state index is 10.5. The zero-order chi connectivity index (χ0) is 11.0. The Morgan fingerprint density at radius 1 is 1.43 bits per heavy atom. The molecule has 0 rings (SSSR count). The molecule has 6 nitrogen and oxygen atoms in total. The van der Waals surface area contributed by atoms with Gasteiger partial charge in [-0.15, -0.1) is 0 Å². The van der Waals surface area contributed by atoms with Gasteiger partial charge in [0, 0.05) is 19.6 Å². The molecule has 0 atom stereocenters. The molecule has 0 unspecified atom stereocenters. The summed E-state index contributed by atoms with van der Waals surface area (Å²) >= 11 is 0. The SMILES string of the molecule is CCN(CCCCNC(N)=O)C(=O)O. The third kappa shape index (κ3) is 6.10. The van der Waals surface area contributed by atoms with Crippen molar-refractivity contribution in [2.75, 3.05) is 19.6 Å². The number of rotatable bonds is 6. The highest BCUT2D eigenvalue weighted by atomic mass is 16.4. The minimum atomic E-state index is -0.907. The molecule has 0 heterocycles. The Hall–Kier alpha value is -1.46. The average molecular weight is 203 g/mol. The molecule has 82 valence electrons. The molecular weight excluding hydrogens is 186 g/mol. The van der Waals surface area contributed by atoms with Crippen molar-refractivity contribution in [3.8, 4) is 0 Å². The molecule has 3 amide bonds. The summed E-state index contributed by atoms with van der Waals surface area (Å²) in [6.07, 6.45) is 0.544. The average Bonchev–Trinajstić information content (AvgIpc) is 2.10. The number of nitrogens with two attached hydrogens (primary N) is 1. The van der Waals surface area contributed by atoms with Crippen LogP contribution in [0.1, 0.15) is 19.8 Å². The zero-order valence-electron chi connectivity index (χ0n) is 8.32. The highest BCUT2D eigenvalue weighted by molar-refractivity contribution is 5.71. The fourth-order valence-electron chi connectivity index (χ4n) is 1.03. The molecule has 0 aromatic heterocycles. The third-order valence-corrected chi connectivity index (χ3v) is 1.81. The van der Waals surface area contributed by atoms with E-state index in [-0.39, 0.29) is 0 Å². The number of nitrogens with one attached hydrogen (secondary N) is 1. The quantitative estimate of drug-likeness (QED) is 0.546. The summed E-state index contributed by atoms with van der Waals surface area (Å²) < 4.78 is 0. The van der Waals surface area contributed by atoms with Crippen LogP contribution in [0.3, 0.4) is 0 Å². The van der Waals surface area contributed by atoms with Gasteiger partial charge >= 0.3 is 12.1 Å². The van der Waals surface area contributed by atoms with Gasteiger partial charge in [-0.1, -0.05) is 0 Å². The molecule has 0 aromatic rings. The minimum Gasteiger partial charge on any atom is -0.465 e. The number of hydrogen-bond donors (Lipinski definition) is 3. The predicted molar refractivity (Wildman–Crippen MR) is 52.1 cm³/mol. The van der Waals surface area contributed by atoms with Gasteiger partial charge in [0.15, 0.2) is 0 Å². The highest BCUT2D eigenvalue weighted by Gasteiger charge is 2.07. The lowest BCUT2D eigenvalue weighted by Crippen LogP contribution is -2.32. The molecule has 0 aliphatic rings. The predicted octanol–water partition coefficient (Wildman–Crippen LogP) is 0.435. The Kier molecular flexibility index (Phi) is 6.26. The lowest BCUT2D eigenvalue weighted by molar-refractivity contribution is 0.147. The van der Waals surface area contributed by atoms with Crippen LogP contribution < -0.4 is 11.1 Å². The Labute approximate surface area is 83.1 Å². The first kappa shape index (κ1) is 12.5. The van der Waals surface area contributed by atoms with Gasteiger partial charge in [-0.25, -0.2) is 9.59 Å². The summed E-state index contributed by atoms with van der Waals surface area (Å²) in [6, 6.07) is -0.546. The first-order chi connectivity index (χ1) is 6.57. The van der Waals surface area contributed by atoms with Crippen molar-refractivity contribution in [2.24, 2.45) is 5.73 Å². The van der Waals surface area contributed by atoms with Crippen LogP contribution >= 0.6 is 0 Å². The molecule has 0 saturated heterocycles. The molecule has 0 bridgehead atoms. The largest absolute Gasteiger partial charge is 0.465 e. The Morgan fingerprint density at radius 2 is 2.07 bits per heavy atom. The fraction of sp³-hybridized carbons (Fsp3) is 0.750. The number of nitrogens with zero attached hydrogens (tertiary/aromatic N) is 1. The number of carbonyl (C=O) groups is 2. The molecule has 0 aromatic carbocycles. The molecule has 0 spiro atoms. The van der Waals surface area contributed by atoms with Crippen LogP contribution in [0.2, 0.25) is 0 Å². The van der Waals surface area contributed by atoms with Crippen molar-refractivity contribution in [2.45, 2.75) is 19.8 Å². The summed E-state index contributed by atoms with van der Waals surface area (Å²) in [5.41, 5.74) is 4.85. The number of urea groups is 1. The topological polar surface area (TPSA) is 95.7 Å². The Bertz CT molecular complexity index is 196. The van der Waals surface area contributed by atoms with Gasteiger partial charge in [0.1, 0.15) is 0 Å². The molecule has 0 aliphatic heterocycles. The standard InChI is InChI=1S/C8H17N3O3/c1-2-11(8(13)14)6-4-3-5-10-7(9)12/h2-6H2,1H3,(H,13,14)(H3,9,10,12). The second-order valence-electron chi connectivity index (χ2n) is 2.86. The summed E-state index contributed by atoms with van der Waals surface area (Å²) in [4.78, 5) is 22.1. The second-order valence-corrected chi connectivity index (χ2v) is 2.86. The van der Waals surface area contributed by atoms with E-state index in [0.717, 1.165) is 12.8 Å². The molecule has 0 saturated carbocycles. The number of unbranched alkanes of at least 4 members (excludes halogenated alkanes) is 1. The molecule has 0 radical (unpaired) electrons. The van der Waals surface area contributed by atoms with Gasteiger partial charge in [0.2, 0.25) is 0 Å². The number of amides is 3. The molecule has 14 heavy (non-hydrogen) atoms. The second kappa shape index (κ2) is 6.99. The number of hydrogen-bond acceptors (Lipinski definition) is 2. The van der Waals surface area contributed by atoms with Gasteiger partial charge in [0.05, 0.1) is 0 Å². The van der Waals surface area contributed by atoms with E-state index in [1.165, 1.54) is 4.90 Å². The van der Waals surface area contributed by atoms with Crippen LogP contribution in [-0.4, -0.2) is 41.8 Å². The molecule has 0 aliphatic carbocycles. The van der Waals surface area contributed by atoms with E-state index in [4.69, 9.17) is 10.8 Å². The Morgan fingerprint density at radius 3 is 2.50 bits per heavy atom. The van der Waals surface area contributed by atoms with E-state index in [1.807, 2.05) is 0 Å². The first-order valence-corrected chi connectivity index (χ1v) is 4.59. The molecule has 0 fully saturated rings. The summed E-state index contributed by atoms with van der Waals surface area (Å²) in [7, 11) is 0. The van der Waals surface area contributed by atoms with E-state index in [0.29, 0.717) is 19.6 Å². The maximum absolute atomic E-state index is 10.5. The van der Waals surface area contributed by atoms with Crippen molar-refractivity contribution >= 4 is 12.1 Å². The smallest absolute Gasteiger partial charge is 0.407 e. The van der Waals surface area contributed by atoms with Gasteiger partial charge in [0.25, 0.3) is 0 Å². The monoisotopic (exact) mass is 203 g/mol. The van der Waals surface area contributed by atoms with E-state index >= 15 is 0 Å². The number of carbonyl (C=O) groups excluding carboxylic acids is 1. The fourth-order valence-corrected chi connectivity index (χ4v) is 1.03. The van der Waals surface area contributed by atoms with Crippen LogP contribution in [0.4, 0.5) is 9.59 Å². The van der Waals surface area contributed by atoms with E-state index in [2.05, 4.69) is 5.32 Å². The number of primary amides is 1. The Balaban J connectivity index is 3.42. The van der Waals surface area contributed by atoms with Crippen molar-refractivity contribution in [3.05, 3.63) is 0 Å². The third-order valence-electron chi connectivity index (χ3n) is 1.81. The van der Waals surface area contributed by atoms with Crippen LogP contribution in [0.25, 0.3) is 0 Å². The van der Waals surface area contributed by atoms with E-state index in [9.17, 15) is 9.59 Å². The van der Waals surface area contributed by atoms with Crippen LogP contribution in [0.5, 0.6) is 0 Å². The number of carboxylic acid groups (broad SMARTS) is 1. The van der Waals surface area contributed by atoms with E-state index in [1.54, 1.807) is 6.92 Å². The van der Waals surface area contributed by atoms with Gasteiger partial charge < -0.3 is 21.1 Å². The lowest BCUT2D eigenvalue weighted by atomic mass is 10.3. The van der Waals surface area contributed by atoms with Crippen LogP contribution in [0.15, 0.2) is 0 Å². The van der Waals surface area contributed by atoms with Gasteiger partial charge in [-0.2, -0.15) is 0 Å². The molecule has 6 heteroatoms. The lowest BCUT2D eigenvalue weighted by Gasteiger charge is -2.16. The normalized spacial score (nSPS) is 9.50. The van der Waals surface area contributed by atoms with Crippen molar-refractivity contribution in [1.82, 2.24) is 10.2 Å². The maximum Gasteiger partial charge on any atom is 0.407 e. The molecule has 4 N–H and O–H groups in total. The highest BCUT2D eigenvalue weighted by Crippen LogP contribution is 1.94. The van der Waals surface area contributed by atoms with Crippen LogP contribution in [0, 0.1) is 0 Å². The first-order valence-electron chi connectivity index (χ1n) is 4.59. The minimum absolute atomic E-state index is 0.485. The zero-order valence-corrected chi connectivity index (χ0v) is 8.32. The van der Waals surface area contributed by atoms with E-state index < -0.39 is 12.1 Å². The summed E-state index contributed by atoms with van der Waals surface area (Å²) in [5, 5.41) is 11.1. The van der Waals surface area contributed by atoms with Gasteiger partial charge in [-0.3, -0.25) is 0 Å². The van der Waals surface area contributed by atoms with Crippen molar-refractivity contribution in [1.29, 1.82) is 0 Å². The van der Waals surface area contributed by atoms with Gasteiger partial charge in [-0.05, 0) is 19.8 Å². The van der Waals surface area contributed by atoms with Crippen LogP contribution in [-0.2, 0) is 0 Å².